The van der Waals surface area contributed by atoms with Crippen molar-refractivity contribution in [3.8, 4) is 0 Å². The number of benzene rings is 1. The number of aryl methyl sites for hydroxylation is 1. The van der Waals surface area contributed by atoms with Crippen LogP contribution in [0.15, 0.2) is 22.7 Å². The summed E-state index contributed by atoms with van der Waals surface area (Å²) in [6.07, 6.45) is 0.211. The predicted octanol–water partition coefficient (Wildman–Crippen LogP) is 1.82. The van der Waals surface area contributed by atoms with Gasteiger partial charge in [-0.1, -0.05) is 22.0 Å². The number of hydrogen-bond donors (Lipinski definition) is 3. The smallest absolute Gasteiger partial charge is 0.257 e. The first-order chi connectivity index (χ1) is 10.4. The minimum atomic E-state index is -0.359. The Hall–Kier alpha value is -1.51. The second kappa shape index (κ2) is 9.50. The lowest BCUT2D eigenvalue weighted by Crippen LogP contribution is -2.48. The van der Waals surface area contributed by atoms with Gasteiger partial charge in [-0.15, -0.1) is 0 Å². The highest BCUT2D eigenvalue weighted by Crippen LogP contribution is 2.17. The molecule has 0 aliphatic rings. The molecule has 0 bridgehead atoms. The molecule has 0 heterocycles. The zero-order chi connectivity index (χ0) is 16.5. The van der Waals surface area contributed by atoms with Crippen LogP contribution in [0, 0.1) is 6.92 Å². The number of rotatable bonds is 5. The van der Waals surface area contributed by atoms with E-state index in [0.717, 1.165) is 10.0 Å². The first kappa shape index (κ1) is 18.5. The second-order valence-electron chi connectivity index (χ2n) is 4.37. The highest BCUT2D eigenvalue weighted by Gasteiger charge is 2.09. The number of hydrazine groups is 1. The number of nitrogens with one attached hydrogen (secondary N) is 3. The van der Waals surface area contributed by atoms with E-state index in [2.05, 4.69) is 32.1 Å². The third kappa shape index (κ3) is 6.50. The Bertz CT molecular complexity index is 566. The molecule has 0 saturated heterocycles. The van der Waals surface area contributed by atoms with Crippen LogP contribution in [0.2, 0.25) is 0 Å². The number of amides is 2. The Kier molecular flexibility index (Phi) is 8.00. The van der Waals surface area contributed by atoms with Crippen LogP contribution in [0.4, 0.5) is 0 Å². The van der Waals surface area contributed by atoms with Gasteiger partial charge in [-0.2, -0.15) is 0 Å². The largest absolute Gasteiger partial charge is 0.381 e. The second-order valence-corrected chi connectivity index (χ2v) is 5.63. The fraction of sp³-hybridized carbons (Fsp3) is 0.357. The fourth-order valence-corrected chi connectivity index (χ4v) is 1.96. The molecule has 0 unspecified atom stereocenters. The lowest BCUT2D eigenvalue weighted by atomic mass is 10.1. The van der Waals surface area contributed by atoms with Gasteiger partial charge in [-0.3, -0.25) is 25.8 Å². The molecule has 0 saturated carbocycles. The summed E-state index contributed by atoms with van der Waals surface area (Å²) >= 11 is 8.30. The molecule has 2 amide bonds. The van der Waals surface area contributed by atoms with Gasteiger partial charge < -0.3 is 4.74 Å². The summed E-state index contributed by atoms with van der Waals surface area (Å²) < 4.78 is 5.89. The van der Waals surface area contributed by atoms with E-state index in [0.29, 0.717) is 18.8 Å². The molecule has 22 heavy (non-hydrogen) atoms. The molecule has 0 aliphatic heterocycles. The molecule has 0 aromatic heterocycles. The maximum Gasteiger partial charge on any atom is 0.257 e. The third-order valence-corrected chi connectivity index (χ3v) is 3.71. The van der Waals surface area contributed by atoms with E-state index < -0.39 is 0 Å². The fourth-order valence-electron chi connectivity index (χ4n) is 1.44. The lowest BCUT2D eigenvalue weighted by molar-refractivity contribution is -0.122. The molecule has 8 heteroatoms. The summed E-state index contributed by atoms with van der Waals surface area (Å²) in [6, 6.07) is 5.22. The minimum absolute atomic E-state index is 0.0199. The van der Waals surface area contributed by atoms with Crippen LogP contribution in [0.25, 0.3) is 0 Å². The summed E-state index contributed by atoms with van der Waals surface area (Å²) in [7, 11) is 0. The van der Waals surface area contributed by atoms with Gasteiger partial charge >= 0.3 is 0 Å². The van der Waals surface area contributed by atoms with Crippen molar-refractivity contribution in [3.05, 3.63) is 33.8 Å². The Morgan fingerprint density at radius 1 is 1.32 bits per heavy atom. The van der Waals surface area contributed by atoms with E-state index >= 15 is 0 Å². The average molecular weight is 388 g/mol. The number of thiocarbonyl (C=S) groups is 1. The van der Waals surface area contributed by atoms with Crippen LogP contribution >= 0.6 is 28.1 Å². The Morgan fingerprint density at radius 2 is 2.05 bits per heavy atom. The maximum atomic E-state index is 12.0. The molecular weight excluding hydrogens is 370 g/mol. The molecule has 0 spiro atoms. The number of carbonyl (C=O) groups excluding carboxylic acids is 2. The molecule has 0 radical (unpaired) electrons. The molecule has 1 aromatic rings. The molecule has 0 fully saturated rings. The summed E-state index contributed by atoms with van der Waals surface area (Å²) in [5.41, 5.74) is 6.34. The highest BCUT2D eigenvalue weighted by atomic mass is 79.9. The summed E-state index contributed by atoms with van der Waals surface area (Å²) in [6.45, 7) is 4.67. The van der Waals surface area contributed by atoms with Gasteiger partial charge in [0, 0.05) is 16.6 Å². The van der Waals surface area contributed by atoms with Crippen LogP contribution in [0.1, 0.15) is 29.3 Å². The van der Waals surface area contributed by atoms with Crippen molar-refractivity contribution < 1.29 is 14.3 Å². The van der Waals surface area contributed by atoms with Crippen molar-refractivity contribution in [1.82, 2.24) is 16.2 Å². The Labute approximate surface area is 143 Å². The van der Waals surface area contributed by atoms with Gasteiger partial charge in [-0.25, -0.2) is 0 Å². The van der Waals surface area contributed by atoms with E-state index in [4.69, 9.17) is 17.0 Å². The molecule has 1 rings (SSSR count). The van der Waals surface area contributed by atoms with Crippen molar-refractivity contribution in [2.24, 2.45) is 0 Å². The van der Waals surface area contributed by atoms with Gasteiger partial charge in [0.25, 0.3) is 5.91 Å². The van der Waals surface area contributed by atoms with Gasteiger partial charge in [0.2, 0.25) is 5.91 Å². The summed E-state index contributed by atoms with van der Waals surface area (Å²) in [5.74, 6) is -0.634. The normalized spacial score (nSPS) is 9.95. The van der Waals surface area contributed by atoms with Gasteiger partial charge in [0.15, 0.2) is 5.11 Å². The van der Waals surface area contributed by atoms with E-state index in [1.807, 2.05) is 19.9 Å². The molecule has 0 aliphatic carbocycles. The van der Waals surface area contributed by atoms with Crippen molar-refractivity contribution in [2.45, 2.75) is 20.3 Å². The standard InChI is InChI=1S/C14H18BrN3O3S/c1-3-21-7-6-12(19)17-18-14(22)16-13(20)10-5-4-9(2)11(15)8-10/h4-5,8H,3,6-7H2,1-2H3,(H,17,19)(H2,16,18,20,22). The lowest BCUT2D eigenvalue weighted by Gasteiger charge is -2.11. The number of carbonyl (C=O) groups is 2. The minimum Gasteiger partial charge on any atom is -0.381 e. The molecule has 0 atom stereocenters. The van der Waals surface area contributed by atoms with Crippen molar-refractivity contribution >= 4 is 45.1 Å². The van der Waals surface area contributed by atoms with E-state index in [1.54, 1.807) is 12.1 Å². The highest BCUT2D eigenvalue weighted by molar-refractivity contribution is 9.10. The number of hydrogen-bond acceptors (Lipinski definition) is 4. The first-order valence-electron chi connectivity index (χ1n) is 6.68. The van der Waals surface area contributed by atoms with Crippen LogP contribution in [-0.4, -0.2) is 30.1 Å². The quantitative estimate of drug-likeness (QED) is 0.408. The van der Waals surface area contributed by atoms with Crippen molar-refractivity contribution in [1.29, 1.82) is 0 Å². The van der Waals surface area contributed by atoms with Crippen molar-refractivity contribution in [2.75, 3.05) is 13.2 Å². The molecular formula is C14H18BrN3O3S. The molecule has 1 aromatic carbocycles. The van der Waals surface area contributed by atoms with Crippen LogP contribution in [-0.2, 0) is 9.53 Å². The van der Waals surface area contributed by atoms with Gasteiger partial charge in [-0.05, 0) is 43.8 Å². The zero-order valence-corrected chi connectivity index (χ0v) is 14.8. The van der Waals surface area contributed by atoms with E-state index in [9.17, 15) is 9.59 Å². The van der Waals surface area contributed by atoms with Crippen LogP contribution in [0.3, 0.4) is 0 Å². The SMILES string of the molecule is CCOCCC(=O)NNC(=S)NC(=O)c1ccc(C)c(Br)c1. The summed E-state index contributed by atoms with van der Waals surface area (Å²) in [5, 5.41) is 2.50. The van der Waals surface area contributed by atoms with Gasteiger partial charge in [0.1, 0.15) is 0 Å². The number of halogens is 1. The van der Waals surface area contributed by atoms with E-state index in [-0.39, 0.29) is 23.3 Å². The monoisotopic (exact) mass is 387 g/mol. The van der Waals surface area contributed by atoms with Crippen molar-refractivity contribution in [3.63, 3.8) is 0 Å². The molecule has 3 N–H and O–H groups in total. The van der Waals surface area contributed by atoms with Crippen LogP contribution < -0.4 is 16.2 Å². The maximum absolute atomic E-state index is 12.0. The zero-order valence-electron chi connectivity index (χ0n) is 12.4. The topological polar surface area (TPSA) is 79.5 Å². The average Bonchev–Trinajstić information content (AvgIpc) is 2.48. The predicted molar refractivity (Wildman–Crippen MR) is 91.3 cm³/mol. The molecule has 120 valence electrons. The Morgan fingerprint density at radius 3 is 2.68 bits per heavy atom. The van der Waals surface area contributed by atoms with Crippen LogP contribution in [0.5, 0.6) is 0 Å². The van der Waals surface area contributed by atoms with Gasteiger partial charge in [0.05, 0.1) is 13.0 Å². The summed E-state index contributed by atoms with van der Waals surface area (Å²) in [4.78, 5) is 23.4. The Balaban J connectivity index is 2.39. The third-order valence-electron chi connectivity index (χ3n) is 2.65. The first-order valence-corrected chi connectivity index (χ1v) is 7.88. The van der Waals surface area contributed by atoms with E-state index in [1.165, 1.54) is 0 Å². The molecule has 6 nitrogen and oxygen atoms in total. The number of ether oxygens (including phenoxy) is 1.